The molecule has 3 N–H and O–H groups in total. The molecule has 3 nitrogen and oxygen atoms in total. The van der Waals surface area contributed by atoms with Gasteiger partial charge >= 0.3 is 7.94 Å². The van der Waals surface area contributed by atoms with Crippen LogP contribution in [0.2, 0.25) is 0 Å². The maximum Gasteiger partial charge on any atom is 0.403 e. The molecular formula is C21H30O3P+. The van der Waals surface area contributed by atoms with E-state index in [2.05, 4.69) is 60.7 Å². The van der Waals surface area contributed by atoms with Crippen LogP contribution < -0.4 is 0 Å². The highest BCUT2D eigenvalue weighted by Gasteiger charge is 2.27. The van der Waals surface area contributed by atoms with E-state index in [0.29, 0.717) is 12.3 Å². The molecule has 0 unspecified atom stereocenters. The Morgan fingerprint density at radius 3 is 1.52 bits per heavy atom. The first-order valence-corrected chi connectivity index (χ1v) is 11.1. The third kappa shape index (κ3) is 8.11. The molecule has 0 amide bonds. The minimum atomic E-state index is -3.56. The second kappa shape index (κ2) is 10.7. The van der Waals surface area contributed by atoms with E-state index >= 15 is 0 Å². The molecule has 2 aromatic carbocycles. The molecule has 4 heteroatoms. The highest BCUT2D eigenvalue weighted by molar-refractivity contribution is 7.58. The predicted octanol–water partition coefficient (Wildman–Crippen LogP) is 5.29. The van der Waals surface area contributed by atoms with E-state index in [-0.39, 0.29) is 6.16 Å². The summed E-state index contributed by atoms with van der Waals surface area (Å²) in [7, 11) is -3.56. The van der Waals surface area contributed by atoms with E-state index in [9.17, 15) is 0 Å². The summed E-state index contributed by atoms with van der Waals surface area (Å²) in [5.41, 5.74) is 2.76. The highest BCUT2D eigenvalue weighted by Crippen LogP contribution is 2.45. The number of hydrogen-bond donors (Lipinski definition) is 3. The molecule has 0 atom stereocenters. The second-order valence-corrected chi connectivity index (χ2v) is 8.53. The lowest BCUT2D eigenvalue weighted by molar-refractivity contribution is 0.328. The summed E-state index contributed by atoms with van der Waals surface area (Å²) < 4.78 is 0. The molecule has 0 aromatic heterocycles. The van der Waals surface area contributed by atoms with Crippen LogP contribution in [0.1, 0.15) is 62.0 Å². The largest absolute Gasteiger partial charge is 0.403 e. The van der Waals surface area contributed by atoms with Gasteiger partial charge in [-0.25, -0.2) is 0 Å². The first-order chi connectivity index (χ1) is 12.1. The zero-order valence-corrected chi connectivity index (χ0v) is 15.7. The van der Waals surface area contributed by atoms with Crippen LogP contribution in [0.15, 0.2) is 60.7 Å². The molecule has 0 bridgehead atoms. The molecule has 0 aliphatic rings. The average Bonchev–Trinajstić information content (AvgIpc) is 2.61. The van der Waals surface area contributed by atoms with Crippen LogP contribution in [0.3, 0.4) is 0 Å². The summed E-state index contributed by atoms with van der Waals surface area (Å²) >= 11 is 0. The van der Waals surface area contributed by atoms with Crippen molar-refractivity contribution in [1.29, 1.82) is 0 Å². The molecule has 0 spiro atoms. The maximum atomic E-state index is 8.96. The van der Waals surface area contributed by atoms with Crippen LogP contribution in [0, 0.1) is 0 Å². The van der Waals surface area contributed by atoms with Gasteiger partial charge in [-0.05, 0) is 30.4 Å². The Labute approximate surface area is 152 Å². The van der Waals surface area contributed by atoms with E-state index in [1.807, 2.05) is 0 Å². The molecule has 0 aliphatic heterocycles. The van der Waals surface area contributed by atoms with Crippen LogP contribution in [0.25, 0.3) is 0 Å². The Bertz CT molecular complexity index is 542. The first kappa shape index (κ1) is 20.1. The molecule has 0 heterocycles. The zero-order valence-electron chi connectivity index (χ0n) is 14.8. The smallest absolute Gasteiger partial charge is 0.193 e. The van der Waals surface area contributed by atoms with E-state index in [0.717, 1.165) is 25.7 Å². The highest BCUT2D eigenvalue weighted by atomic mass is 31.2. The van der Waals surface area contributed by atoms with Gasteiger partial charge in [0.2, 0.25) is 0 Å². The summed E-state index contributed by atoms with van der Waals surface area (Å²) in [6.45, 7) is 0. The Morgan fingerprint density at radius 2 is 1.04 bits per heavy atom. The van der Waals surface area contributed by atoms with Crippen LogP contribution in [-0.2, 0) is 0 Å². The summed E-state index contributed by atoms with van der Waals surface area (Å²) in [6, 6.07) is 21.4. The lowest BCUT2D eigenvalue weighted by Crippen LogP contribution is -2.01. The van der Waals surface area contributed by atoms with E-state index < -0.39 is 7.94 Å². The quantitative estimate of drug-likeness (QED) is 0.376. The normalized spacial score (nSPS) is 11.8. The van der Waals surface area contributed by atoms with Gasteiger partial charge in [-0.2, -0.15) is 14.7 Å². The standard InChI is InChI=1S/C21H30O3P/c22-25(23,24)18-12-4-2-1-3-11-17-21(19-13-7-5-8-14-19)20-15-9-6-10-16-20/h5-10,13-16,21-24H,1-4,11-12,17-18H2/q+1. The molecule has 0 aliphatic carbocycles. The average molecular weight is 361 g/mol. The molecule has 0 saturated heterocycles. The van der Waals surface area contributed by atoms with Crippen molar-refractivity contribution in [3.8, 4) is 0 Å². The van der Waals surface area contributed by atoms with Crippen molar-refractivity contribution in [3.63, 3.8) is 0 Å². The van der Waals surface area contributed by atoms with Gasteiger partial charge in [0.25, 0.3) is 0 Å². The predicted molar refractivity (Wildman–Crippen MR) is 105 cm³/mol. The van der Waals surface area contributed by atoms with Gasteiger partial charge in [-0.3, -0.25) is 0 Å². The van der Waals surface area contributed by atoms with Gasteiger partial charge in [0.05, 0.1) is 0 Å². The van der Waals surface area contributed by atoms with Gasteiger partial charge in [-0.15, -0.1) is 0 Å². The van der Waals surface area contributed by atoms with Gasteiger partial charge < -0.3 is 0 Å². The third-order valence-electron chi connectivity index (χ3n) is 4.60. The van der Waals surface area contributed by atoms with Crippen molar-refractivity contribution in [2.75, 3.05) is 6.16 Å². The van der Waals surface area contributed by atoms with E-state index in [1.165, 1.54) is 24.0 Å². The summed E-state index contributed by atoms with van der Waals surface area (Å²) in [4.78, 5) is 26.9. The van der Waals surface area contributed by atoms with E-state index in [4.69, 9.17) is 14.7 Å². The van der Waals surface area contributed by atoms with Crippen molar-refractivity contribution in [2.45, 2.75) is 50.9 Å². The minimum absolute atomic E-state index is 0.136. The number of hydrogen-bond acceptors (Lipinski definition) is 3. The summed E-state index contributed by atoms with van der Waals surface area (Å²) in [5, 5.41) is 0. The van der Waals surface area contributed by atoms with Gasteiger partial charge in [0.1, 0.15) is 6.16 Å². The van der Waals surface area contributed by atoms with Gasteiger partial charge in [0, 0.05) is 5.92 Å². The summed E-state index contributed by atoms with van der Waals surface area (Å²) in [5.74, 6) is 0.450. The number of unbranched alkanes of at least 4 members (excludes halogenated alkanes) is 5. The molecule has 136 valence electrons. The molecule has 2 aromatic rings. The SMILES string of the molecule is O[P+](O)(O)CCCCCCCCC(c1ccccc1)c1ccccc1. The van der Waals surface area contributed by atoms with Crippen molar-refractivity contribution in [1.82, 2.24) is 0 Å². The van der Waals surface area contributed by atoms with Gasteiger partial charge in [-0.1, -0.05) is 86.3 Å². The Kier molecular flexibility index (Phi) is 8.57. The minimum Gasteiger partial charge on any atom is -0.193 e. The molecule has 0 fully saturated rings. The lowest BCUT2D eigenvalue weighted by atomic mass is 9.87. The number of rotatable bonds is 11. The van der Waals surface area contributed by atoms with Crippen molar-refractivity contribution in [3.05, 3.63) is 71.8 Å². The first-order valence-electron chi connectivity index (χ1n) is 9.22. The second-order valence-electron chi connectivity index (χ2n) is 6.70. The Morgan fingerprint density at radius 1 is 0.600 bits per heavy atom. The molecule has 25 heavy (non-hydrogen) atoms. The van der Waals surface area contributed by atoms with Crippen molar-refractivity contribution >= 4 is 7.94 Å². The lowest BCUT2D eigenvalue weighted by Gasteiger charge is -2.18. The van der Waals surface area contributed by atoms with Crippen LogP contribution in [-0.4, -0.2) is 20.8 Å². The van der Waals surface area contributed by atoms with Gasteiger partial charge in [0.15, 0.2) is 0 Å². The van der Waals surface area contributed by atoms with Crippen LogP contribution in [0.4, 0.5) is 0 Å². The fraction of sp³-hybridized carbons (Fsp3) is 0.429. The third-order valence-corrected chi connectivity index (χ3v) is 5.52. The Hall–Kier alpha value is -1.25. The molecular weight excluding hydrogens is 331 g/mol. The number of benzene rings is 2. The monoisotopic (exact) mass is 361 g/mol. The Balaban J connectivity index is 1.74. The topological polar surface area (TPSA) is 60.7 Å². The van der Waals surface area contributed by atoms with Crippen molar-refractivity contribution in [2.24, 2.45) is 0 Å². The fourth-order valence-corrected chi connectivity index (χ4v) is 3.92. The molecule has 0 radical (unpaired) electrons. The fourth-order valence-electron chi connectivity index (χ4n) is 3.28. The van der Waals surface area contributed by atoms with E-state index in [1.54, 1.807) is 0 Å². The van der Waals surface area contributed by atoms with Crippen LogP contribution >= 0.6 is 7.94 Å². The molecule has 0 saturated carbocycles. The van der Waals surface area contributed by atoms with Crippen LogP contribution in [0.5, 0.6) is 0 Å². The van der Waals surface area contributed by atoms with Crippen molar-refractivity contribution < 1.29 is 14.7 Å². The zero-order chi connectivity index (χ0) is 18.0. The molecule has 2 rings (SSSR count). The maximum absolute atomic E-state index is 8.96. The summed E-state index contributed by atoms with van der Waals surface area (Å²) in [6.07, 6.45) is 7.53.